The van der Waals surface area contributed by atoms with E-state index in [-0.39, 0.29) is 47.6 Å². The van der Waals surface area contributed by atoms with Crippen LogP contribution >= 0.6 is 0 Å². The molecular formula is H2F2OY-2. The fraction of sp³-hybridized carbons (Fsp3) is 0. The van der Waals surface area contributed by atoms with E-state index in [9.17, 15) is 0 Å². The fourth-order valence-electron chi connectivity index (χ4n) is 0. The molecule has 0 saturated heterocycles. The van der Waals surface area contributed by atoms with Gasteiger partial charge in [-0.15, -0.1) is 0 Å². The van der Waals surface area contributed by atoms with Gasteiger partial charge in [0.1, 0.15) is 0 Å². The van der Waals surface area contributed by atoms with Gasteiger partial charge in [-0.05, 0) is 0 Å². The smallest absolute Gasteiger partial charge is 0 e. The summed E-state index contributed by atoms with van der Waals surface area (Å²) in [6, 6.07) is 0. The van der Waals surface area contributed by atoms with Gasteiger partial charge < -0.3 is 14.9 Å². The zero-order valence-corrected chi connectivity index (χ0v) is 4.67. The van der Waals surface area contributed by atoms with Gasteiger partial charge in [0, 0.05) is 32.7 Å². The maximum absolute atomic E-state index is 0. The zero-order chi connectivity index (χ0) is 0. The van der Waals surface area contributed by atoms with Crippen LogP contribution in [0.1, 0.15) is 0 Å². The molecule has 0 atom stereocenters. The largest absolute Gasteiger partial charge is 1.00 e. The van der Waals surface area contributed by atoms with Gasteiger partial charge in [0.05, 0.1) is 0 Å². The quantitative estimate of drug-likeness (QED) is 0.324. The molecule has 0 bridgehead atoms. The van der Waals surface area contributed by atoms with Gasteiger partial charge in [0.15, 0.2) is 0 Å². The van der Waals surface area contributed by atoms with Crippen LogP contribution in [-0.4, -0.2) is 5.48 Å². The zero-order valence-electron chi connectivity index (χ0n) is 1.83. The molecule has 0 rings (SSSR count). The number of hydrogen-bond acceptors (Lipinski definition) is 0. The molecule has 1 radical (unpaired) electrons. The molecule has 4 heavy (non-hydrogen) atoms. The molecule has 0 fully saturated rings. The summed E-state index contributed by atoms with van der Waals surface area (Å²) in [7, 11) is 0. The van der Waals surface area contributed by atoms with Gasteiger partial charge >= 0.3 is 0 Å². The molecule has 0 spiro atoms. The Labute approximate surface area is 47.7 Å². The molecule has 27 valence electrons. The topological polar surface area (TPSA) is 31.5 Å². The van der Waals surface area contributed by atoms with E-state index in [0.29, 0.717) is 0 Å². The van der Waals surface area contributed by atoms with Gasteiger partial charge in [-0.1, -0.05) is 0 Å². The van der Waals surface area contributed by atoms with Crippen molar-refractivity contribution in [3.63, 3.8) is 0 Å². The number of halogens is 2. The van der Waals surface area contributed by atoms with Crippen LogP contribution in [0.2, 0.25) is 0 Å². The second-order valence-electron chi connectivity index (χ2n) is 0. The van der Waals surface area contributed by atoms with Crippen molar-refractivity contribution in [3.05, 3.63) is 0 Å². The van der Waals surface area contributed by atoms with Crippen molar-refractivity contribution in [2.24, 2.45) is 0 Å². The first-order valence-electron chi connectivity index (χ1n) is 0. The Morgan fingerprint density at radius 1 is 0.750 bits per heavy atom. The van der Waals surface area contributed by atoms with E-state index in [4.69, 9.17) is 0 Å². The SMILES string of the molecule is O.[F-].[F-].[Y]. The molecule has 0 heterocycles. The van der Waals surface area contributed by atoms with Crippen LogP contribution in [0.4, 0.5) is 0 Å². The minimum atomic E-state index is 0. The minimum Gasteiger partial charge on any atom is -1.00 e. The van der Waals surface area contributed by atoms with E-state index in [1.165, 1.54) is 0 Å². The van der Waals surface area contributed by atoms with Gasteiger partial charge in [-0.2, -0.15) is 0 Å². The molecule has 0 aromatic rings. The first-order chi connectivity index (χ1) is 0. The van der Waals surface area contributed by atoms with Crippen molar-refractivity contribution in [1.82, 2.24) is 0 Å². The van der Waals surface area contributed by atoms with Crippen molar-refractivity contribution in [2.75, 3.05) is 0 Å². The molecule has 1 nitrogen and oxygen atoms in total. The Kier molecular flexibility index (Phi) is 873. The van der Waals surface area contributed by atoms with Crippen molar-refractivity contribution in [3.8, 4) is 0 Å². The number of hydrogen-bond donors (Lipinski definition) is 0. The monoisotopic (exact) mass is 145 g/mol. The third kappa shape index (κ3) is 12.7. The van der Waals surface area contributed by atoms with Crippen LogP contribution in [0, 0.1) is 0 Å². The molecule has 0 aliphatic rings. The molecule has 2 N–H and O–H groups in total. The average molecular weight is 145 g/mol. The average Bonchev–Trinajstić information content (AvgIpc) is 0. The van der Waals surface area contributed by atoms with E-state index >= 15 is 0 Å². The third-order valence-corrected chi connectivity index (χ3v) is 0. The van der Waals surface area contributed by atoms with Crippen molar-refractivity contribution in [1.29, 1.82) is 0 Å². The van der Waals surface area contributed by atoms with Crippen LogP contribution in [0.3, 0.4) is 0 Å². The van der Waals surface area contributed by atoms with Crippen LogP contribution < -0.4 is 9.41 Å². The molecular weight excluding hydrogens is 143 g/mol. The van der Waals surface area contributed by atoms with E-state index in [0.717, 1.165) is 0 Å². The molecule has 0 aliphatic carbocycles. The molecule has 0 aromatic carbocycles. The standard InChI is InChI=1S/2FH.H2O.Y/h2*1H;1H2;/p-2. The Morgan fingerprint density at radius 2 is 0.750 bits per heavy atom. The van der Waals surface area contributed by atoms with Gasteiger partial charge in [0.25, 0.3) is 0 Å². The molecule has 0 aromatic heterocycles. The van der Waals surface area contributed by atoms with Crippen molar-refractivity contribution < 1.29 is 47.6 Å². The summed E-state index contributed by atoms with van der Waals surface area (Å²) in [5.41, 5.74) is 0. The second-order valence-corrected chi connectivity index (χ2v) is 0. The molecule has 4 heteroatoms. The van der Waals surface area contributed by atoms with Crippen LogP contribution in [0.15, 0.2) is 0 Å². The van der Waals surface area contributed by atoms with Crippen LogP contribution in [0.25, 0.3) is 0 Å². The predicted molar refractivity (Wildman–Crippen MR) is 3.61 cm³/mol. The van der Waals surface area contributed by atoms with Crippen molar-refractivity contribution >= 4 is 0 Å². The second kappa shape index (κ2) is 39.3. The first kappa shape index (κ1) is 88.8. The maximum atomic E-state index is 0. The van der Waals surface area contributed by atoms with E-state index < -0.39 is 0 Å². The van der Waals surface area contributed by atoms with E-state index in [1.807, 2.05) is 0 Å². The molecule has 0 amide bonds. The maximum Gasteiger partial charge on any atom is 0 e. The molecule has 0 saturated carbocycles. The van der Waals surface area contributed by atoms with Crippen LogP contribution in [-0.2, 0) is 32.7 Å². The summed E-state index contributed by atoms with van der Waals surface area (Å²) in [4.78, 5) is 0. The summed E-state index contributed by atoms with van der Waals surface area (Å²) in [5.74, 6) is 0. The summed E-state index contributed by atoms with van der Waals surface area (Å²) in [6.07, 6.45) is 0. The Morgan fingerprint density at radius 3 is 0.750 bits per heavy atom. The fourth-order valence-corrected chi connectivity index (χ4v) is 0. The van der Waals surface area contributed by atoms with Gasteiger partial charge in [-0.25, -0.2) is 0 Å². The summed E-state index contributed by atoms with van der Waals surface area (Å²) in [5, 5.41) is 0. The summed E-state index contributed by atoms with van der Waals surface area (Å²) >= 11 is 0. The van der Waals surface area contributed by atoms with E-state index in [2.05, 4.69) is 0 Å². The first-order valence-corrected chi connectivity index (χ1v) is 0. The number of rotatable bonds is 0. The minimum absolute atomic E-state index is 0. The molecule has 0 aliphatic heterocycles. The Hall–Kier alpha value is 0.924. The normalized spacial score (nSPS) is 0. The van der Waals surface area contributed by atoms with E-state index in [1.54, 1.807) is 0 Å². The summed E-state index contributed by atoms with van der Waals surface area (Å²) in [6.45, 7) is 0. The molecule has 0 unspecified atom stereocenters. The van der Waals surface area contributed by atoms with Crippen LogP contribution in [0.5, 0.6) is 0 Å². The van der Waals surface area contributed by atoms with Gasteiger partial charge in [0.2, 0.25) is 0 Å². The van der Waals surface area contributed by atoms with Crippen molar-refractivity contribution in [2.45, 2.75) is 0 Å². The Bertz CT molecular complexity index is 6.00. The Balaban J connectivity index is 0. The van der Waals surface area contributed by atoms with Gasteiger partial charge in [-0.3, -0.25) is 0 Å². The summed E-state index contributed by atoms with van der Waals surface area (Å²) < 4.78 is 0. The third-order valence-electron chi connectivity index (χ3n) is 0. The predicted octanol–water partition coefficient (Wildman–Crippen LogP) is -6.82.